The molecule has 7 nitrogen and oxygen atoms in total. The van der Waals surface area contributed by atoms with Crippen molar-refractivity contribution < 1.29 is 0 Å². The quantitative estimate of drug-likeness (QED) is 0.545. The van der Waals surface area contributed by atoms with Crippen molar-refractivity contribution in [1.29, 1.82) is 0 Å². The summed E-state index contributed by atoms with van der Waals surface area (Å²) < 4.78 is 2.00. The lowest BCUT2D eigenvalue weighted by Crippen LogP contribution is -2.38. The van der Waals surface area contributed by atoms with E-state index in [0.717, 1.165) is 47.6 Å². The van der Waals surface area contributed by atoms with Crippen LogP contribution in [0, 0.1) is 13.8 Å². The average Bonchev–Trinajstić information content (AvgIpc) is 3.13. The Morgan fingerprint density at radius 2 is 2.12 bits per heavy atom. The second-order valence-electron chi connectivity index (χ2n) is 5.39. The summed E-state index contributed by atoms with van der Waals surface area (Å²) in [6.45, 7) is 5.52. The van der Waals surface area contributed by atoms with Crippen molar-refractivity contribution in [2.24, 2.45) is 4.99 Å². The van der Waals surface area contributed by atoms with Gasteiger partial charge in [0.2, 0.25) is 0 Å². The molecule has 0 amide bonds. The summed E-state index contributed by atoms with van der Waals surface area (Å²) in [5.41, 5.74) is 1.95. The fourth-order valence-corrected chi connectivity index (χ4v) is 3.35. The van der Waals surface area contributed by atoms with Crippen molar-refractivity contribution in [2.45, 2.75) is 26.8 Å². The van der Waals surface area contributed by atoms with Crippen LogP contribution >= 0.6 is 11.3 Å². The SMILES string of the molecule is CN=C(NCCc1nnc2ccccn12)NCc1sc(C)nc1C. The summed E-state index contributed by atoms with van der Waals surface area (Å²) in [6.07, 6.45) is 2.75. The predicted octanol–water partition coefficient (Wildman–Crippen LogP) is 1.71. The average molecular weight is 343 g/mol. The van der Waals surface area contributed by atoms with Gasteiger partial charge in [0.25, 0.3) is 0 Å². The number of hydrogen-bond donors (Lipinski definition) is 2. The van der Waals surface area contributed by atoms with Gasteiger partial charge in [0.05, 0.1) is 17.2 Å². The maximum Gasteiger partial charge on any atom is 0.191 e. The first kappa shape index (κ1) is 16.4. The Kier molecular flexibility index (Phi) is 5.05. The van der Waals surface area contributed by atoms with Gasteiger partial charge in [-0.1, -0.05) is 6.07 Å². The number of aromatic nitrogens is 4. The summed E-state index contributed by atoms with van der Waals surface area (Å²) in [5.74, 6) is 1.71. The predicted molar refractivity (Wildman–Crippen MR) is 96.5 cm³/mol. The number of rotatable bonds is 5. The van der Waals surface area contributed by atoms with Crippen molar-refractivity contribution in [3.63, 3.8) is 0 Å². The zero-order chi connectivity index (χ0) is 16.9. The van der Waals surface area contributed by atoms with Gasteiger partial charge in [0.15, 0.2) is 11.6 Å². The van der Waals surface area contributed by atoms with E-state index in [4.69, 9.17) is 0 Å². The molecule has 3 aromatic heterocycles. The van der Waals surface area contributed by atoms with Gasteiger partial charge in [-0.15, -0.1) is 21.5 Å². The fraction of sp³-hybridized carbons (Fsp3) is 0.375. The Hall–Kier alpha value is -2.48. The number of pyridine rings is 1. The molecule has 0 aliphatic heterocycles. The van der Waals surface area contributed by atoms with Gasteiger partial charge in [0.1, 0.15) is 5.82 Å². The Morgan fingerprint density at radius 1 is 1.25 bits per heavy atom. The van der Waals surface area contributed by atoms with Gasteiger partial charge in [-0.3, -0.25) is 9.39 Å². The zero-order valence-electron chi connectivity index (χ0n) is 14.1. The summed E-state index contributed by atoms with van der Waals surface area (Å²) in [4.78, 5) is 9.93. The molecule has 0 atom stereocenters. The van der Waals surface area contributed by atoms with E-state index in [1.165, 1.54) is 4.88 Å². The van der Waals surface area contributed by atoms with Crippen LogP contribution < -0.4 is 10.6 Å². The Labute approximate surface area is 144 Å². The molecule has 2 N–H and O–H groups in total. The molecule has 8 heteroatoms. The Morgan fingerprint density at radius 3 is 2.88 bits per heavy atom. The van der Waals surface area contributed by atoms with Crippen LogP contribution in [-0.2, 0) is 13.0 Å². The van der Waals surface area contributed by atoms with Crippen LogP contribution in [0.15, 0.2) is 29.4 Å². The van der Waals surface area contributed by atoms with E-state index in [0.29, 0.717) is 0 Å². The molecule has 24 heavy (non-hydrogen) atoms. The van der Waals surface area contributed by atoms with E-state index in [-0.39, 0.29) is 0 Å². The van der Waals surface area contributed by atoms with E-state index >= 15 is 0 Å². The van der Waals surface area contributed by atoms with Crippen LogP contribution in [0.4, 0.5) is 0 Å². The minimum Gasteiger partial charge on any atom is -0.356 e. The molecular formula is C16H21N7S. The monoisotopic (exact) mass is 343 g/mol. The summed E-state index contributed by atoms with van der Waals surface area (Å²) >= 11 is 1.71. The smallest absolute Gasteiger partial charge is 0.191 e. The first-order valence-electron chi connectivity index (χ1n) is 7.83. The number of hydrogen-bond acceptors (Lipinski definition) is 5. The highest BCUT2D eigenvalue weighted by molar-refractivity contribution is 7.11. The number of fused-ring (bicyclic) bond motifs is 1. The van der Waals surface area contributed by atoms with Gasteiger partial charge >= 0.3 is 0 Å². The first-order valence-corrected chi connectivity index (χ1v) is 8.65. The van der Waals surface area contributed by atoms with E-state index < -0.39 is 0 Å². The molecule has 0 fully saturated rings. The standard InChI is InChI=1S/C16H21N7S/c1-11-13(24-12(2)20-11)10-19-16(17-3)18-8-7-15-22-21-14-6-4-5-9-23(14)15/h4-6,9H,7-8,10H2,1-3H3,(H2,17,18,19). The van der Waals surface area contributed by atoms with Crippen molar-refractivity contribution >= 4 is 22.9 Å². The number of aryl methyl sites for hydroxylation is 2. The number of nitrogens with one attached hydrogen (secondary N) is 2. The highest BCUT2D eigenvalue weighted by Crippen LogP contribution is 2.16. The van der Waals surface area contributed by atoms with Crippen molar-refractivity contribution in [1.82, 2.24) is 30.2 Å². The molecule has 3 aromatic rings. The second-order valence-corrected chi connectivity index (χ2v) is 6.68. The second kappa shape index (κ2) is 7.39. The Bertz CT molecular complexity index is 849. The van der Waals surface area contributed by atoms with Crippen molar-refractivity contribution in [3.05, 3.63) is 45.8 Å². The lowest BCUT2D eigenvalue weighted by atomic mass is 10.4. The lowest BCUT2D eigenvalue weighted by molar-refractivity contribution is 0.762. The number of nitrogens with zero attached hydrogens (tertiary/aromatic N) is 5. The van der Waals surface area contributed by atoms with Crippen LogP contribution in [0.3, 0.4) is 0 Å². The lowest BCUT2D eigenvalue weighted by Gasteiger charge is -2.11. The highest BCUT2D eigenvalue weighted by Gasteiger charge is 2.07. The molecule has 0 radical (unpaired) electrons. The molecule has 0 saturated carbocycles. The van der Waals surface area contributed by atoms with Crippen LogP contribution in [0.25, 0.3) is 5.65 Å². The van der Waals surface area contributed by atoms with Gasteiger partial charge < -0.3 is 10.6 Å². The number of thiazole rings is 1. The molecule has 3 rings (SSSR count). The third-order valence-corrected chi connectivity index (χ3v) is 4.74. The third-order valence-electron chi connectivity index (χ3n) is 3.66. The van der Waals surface area contributed by atoms with Gasteiger partial charge in [-0.2, -0.15) is 0 Å². The van der Waals surface area contributed by atoms with Crippen LogP contribution in [-0.4, -0.2) is 39.1 Å². The minimum absolute atomic E-state index is 0.727. The van der Waals surface area contributed by atoms with Gasteiger partial charge in [-0.05, 0) is 26.0 Å². The molecule has 126 valence electrons. The molecule has 0 saturated heterocycles. The molecule has 0 bridgehead atoms. The molecule has 0 aliphatic carbocycles. The van der Waals surface area contributed by atoms with Crippen molar-refractivity contribution in [3.8, 4) is 0 Å². The fourth-order valence-electron chi connectivity index (χ4n) is 2.48. The normalized spacial score (nSPS) is 11.9. The first-order chi connectivity index (χ1) is 11.7. The molecule has 0 unspecified atom stereocenters. The van der Waals surface area contributed by atoms with Crippen LogP contribution in [0.1, 0.15) is 21.4 Å². The summed E-state index contributed by atoms with van der Waals surface area (Å²) in [5, 5.41) is 16.1. The van der Waals surface area contributed by atoms with Gasteiger partial charge in [0, 0.05) is 31.1 Å². The molecule has 3 heterocycles. The zero-order valence-corrected chi connectivity index (χ0v) is 14.9. The third kappa shape index (κ3) is 3.70. The van der Waals surface area contributed by atoms with E-state index in [9.17, 15) is 0 Å². The largest absolute Gasteiger partial charge is 0.356 e. The molecular weight excluding hydrogens is 322 g/mol. The van der Waals surface area contributed by atoms with Crippen LogP contribution in [0.2, 0.25) is 0 Å². The molecule has 0 aromatic carbocycles. The maximum absolute atomic E-state index is 4.44. The van der Waals surface area contributed by atoms with Crippen LogP contribution in [0.5, 0.6) is 0 Å². The van der Waals surface area contributed by atoms with Gasteiger partial charge in [-0.25, -0.2) is 4.98 Å². The molecule has 0 aliphatic rings. The van der Waals surface area contributed by atoms with E-state index in [1.54, 1.807) is 18.4 Å². The van der Waals surface area contributed by atoms with Crippen molar-refractivity contribution in [2.75, 3.05) is 13.6 Å². The summed E-state index contributed by atoms with van der Waals surface area (Å²) in [6, 6.07) is 5.89. The topological polar surface area (TPSA) is 79.5 Å². The van der Waals surface area contributed by atoms with E-state index in [2.05, 4.69) is 30.8 Å². The summed E-state index contributed by atoms with van der Waals surface area (Å²) in [7, 11) is 1.77. The Balaban J connectivity index is 1.52. The maximum atomic E-state index is 4.44. The minimum atomic E-state index is 0.727. The highest BCUT2D eigenvalue weighted by atomic mass is 32.1. The van der Waals surface area contributed by atoms with E-state index in [1.807, 2.05) is 42.6 Å². The number of guanidine groups is 1. The number of aliphatic imine (C=N–C) groups is 1. The molecule has 0 spiro atoms.